The summed E-state index contributed by atoms with van der Waals surface area (Å²) in [4.78, 5) is 7.13. The van der Waals surface area contributed by atoms with Crippen molar-refractivity contribution in [1.29, 1.82) is 0 Å². The lowest BCUT2D eigenvalue weighted by Crippen LogP contribution is -2.38. The lowest BCUT2D eigenvalue weighted by Gasteiger charge is -2.18. The van der Waals surface area contributed by atoms with Gasteiger partial charge in [-0.3, -0.25) is 4.90 Å². The number of ether oxygens (including phenoxy) is 2. The maximum absolute atomic E-state index is 5.80. The molecule has 1 fully saturated rings. The summed E-state index contributed by atoms with van der Waals surface area (Å²) in [5.41, 5.74) is 2.58. The second kappa shape index (κ2) is 15.9. The normalized spacial score (nSPS) is 16.7. The maximum atomic E-state index is 5.80. The van der Waals surface area contributed by atoms with Crippen LogP contribution in [0.1, 0.15) is 44.7 Å². The summed E-state index contributed by atoms with van der Waals surface area (Å²) in [5, 5.41) is 6.70. The van der Waals surface area contributed by atoms with Gasteiger partial charge >= 0.3 is 0 Å². The fourth-order valence-corrected chi connectivity index (χ4v) is 3.14. The molecule has 7 heteroatoms. The minimum Gasteiger partial charge on any atom is -0.379 e. The van der Waals surface area contributed by atoms with Crippen LogP contribution in [-0.2, 0) is 22.6 Å². The molecule has 0 spiro atoms. The van der Waals surface area contributed by atoms with Crippen LogP contribution >= 0.6 is 24.0 Å². The predicted molar refractivity (Wildman–Crippen MR) is 131 cm³/mol. The van der Waals surface area contributed by atoms with E-state index in [1.807, 2.05) is 0 Å². The van der Waals surface area contributed by atoms with E-state index < -0.39 is 0 Å². The van der Waals surface area contributed by atoms with Crippen LogP contribution in [0.25, 0.3) is 0 Å². The van der Waals surface area contributed by atoms with E-state index in [1.54, 1.807) is 0 Å². The highest BCUT2D eigenvalue weighted by Gasteiger charge is 2.15. The Labute approximate surface area is 193 Å². The molecule has 1 heterocycles. The van der Waals surface area contributed by atoms with Gasteiger partial charge in [0.05, 0.1) is 19.3 Å². The number of guanidine groups is 1. The monoisotopic (exact) mass is 518 g/mol. The minimum atomic E-state index is 0. The largest absolute Gasteiger partial charge is 0.379 e. The lowest BCUT2D eigenvalue weighted by atomic mass is 10.1. The molecular formula is C22H39IN4O2. The summed E-state index contributed by atoms with van der Waals surface area (Å²) in [7, 11) is 0. The quantitative estimate of drug-likeness (QED) is 0.192. The van der Waals surface area contributed by atoms with Gasteiger partial charge < -0.3 is 20.1 Å². The third-order valence-corrected chi connectivity index (χ3v) is 4.94. The van der Waals surface area contributed by atoms with Crippen molar-refractivity contribution < 1.29 is 9.47 Å². The Balaban J connectivity index is 0.00000420. The lowest BCUT2D eigenvalue weighted by molar-refractivity contribution is 0.0420. The Morgan fingerprint density at radius 3 is 2.48 bits per heavy atom. The molecule has 1 unspecified atom stereocenters. The molecule has 0 saturated carbocycles. The van der Waals surface area contributed by atoms with Crippen molar-refractivity contribution in [3.63, 3.8) is 0 Å². The average Bonchev–Trinajstić information content (AvgIpc) is 3.24. The number of nitrogens with one attached hydrogen (secondary N) is 2. The predicted octanol–water partition coefficient (Wildman–Crippen LogP) is 3.40. The fraction of sp³-hybridized carbons (Fsp3) is 0.682. The minimum absolute atomic E-state index is 0. The first kappa shape index (κ1) is 26.1. The van der Waals surface area contributed by atoms with Crippen molar-refractivity contribution in [2.24, 2.45) is 4.99 Å². The van der Waals surface area contributed by atoms with Crippen LogP contribution in [0.5, 0.6) is 0 Å². The molecule has 0 aromatic heterocycles. The molecule has 1 aromatic rings. The van der Waals surface area contributed by atoms with Crippen LogP contribution in [0.4, 0.5) is 0 Å². The number of hydrogen-bond donors (Lipinski definition) is 2. The molecule has 2 rings (SSSR count). The van der Waals surface area contributed by atoms with E-state index in [1.165, 1.54) is 11.1 Å². The van der Waals surface area contributed by atoms with Gasteiger partial charge in [-0.05, 0) is 44.0 Å². The van der Waals surface area contributed by atoms with Crippen LogP contribution in [0, 0.1) is 0 Å². The SMILES string of the molecule is CCNC(=NCc1ccc(CN(CC)CC)cc1)NCCCOC1CCOC1.I. The average molecular weight is 518 g/mol. The van der Waals surface area contributed by atoms with Gasteiger partial charge in [-0.15, -0.1) is 24.0 Å². The summed E-state index contributed by atoms with van der Waals surface area (Å²) in [5.74, 6) is 0.860. The van der Waals surface area contributed by atoms with Gasteiger partial charge in [-0.1, -0.05) is 38.1 Å². The first-order valence-electron chi connectivity index (χ1n) is 10.8. The third kappa shape index (κ3) is 10.6. The summed E-state index contributed by atoms with van der Waals surface area (Å²) in [6, 6.07) is 8.80. The van der Waals surface area contributed by atoms with Gasteiger partial charge in [-0.2, -0.15) is 0 Å². The zero-order valence-electron chi connectivity index (χ0n) is 18.3. The third-order valence-electron chi connectivity index (χ3n) is 4.94. The van der Waals surface area contributed by atoms with E-state index in [-0.39, 0.29) is 30.1 Å². The van der Waals surface area contributed by atoms with Gasteiger partial charge in [-0.25, -0.2) is 4.99 Å². The zero-order chi connectivity index (χ0) is 20.0. The Bertz CT molecular complexity index is 558. The Hall–Kier alpha value is -0.900. The van der Waals surface area contributed by atoms with Gasteiger partial charge in [0.1, 0.15) is 0 Å². The number of hydrogen-bond acceptors (Lipinski definition) is 4. The van der Waals surface area contributed by atoms with Crippen LogP contribution in [0.3, 0.4) is 0 Å². The summed E-state index contributed by atoms with van der Waals surface area (Å²) in [6.07, 6.45) is 2.26. The molecule has 2 N–H and O–H groups in total. The van der Waals surface area contributed by atoms with E-state index in [4.69, 9.17) is 14.5 Å². The molecule has 6 nitrogen and oxygen atoms in total. The highest BCUT2D eigenvalue weighted by Crippen LogP contribution is 2.09. The van der Waals surface area contributed by atoms with E-state index in [2.05, 4.69) is 60.6 Å². The van der Waals surface area contributed by atoms with Crippen LogP contribution in [-0.4, -0.2) is 63.0 Å². The van der Waals surface area contributed by atoms with Gasteiger partial charge in [0, 0.05) is 32.8 Å². The smallest absolute Gasteiger partial charge is 0.191 e. The topological polar surface area (TPSA) is 58.1 Å². The molecule has 166 valence electrons. The molecule has 0 aliphatic carbocycles. The molecule has 1 aromatic carbocycles. The first-order chi connectivity index (χ1) is 13.7. The Morgan fingerprint density at radius 1 is 1.14 bits per heavy atom. The van der Waals surface area contributed by atoms with E-state index in [9.17, 15) is 0 Å². The van der Waals surface area contributed by atoms with Gasteiger partial charge in [0.2, 0.25) is 0 Å². The molecule has 0 bridgehead atoms. The molecule has 1 aliphatic rings. The number of halogens is 1. The summed E-state index contributed by atoms with van der Waals surface area (Å²) < 4.78 is 11.1. The maximum Gasteiger partial charge on any atom is 0.191 e. The summed E-state index contributed by atoms with van der Waals surface area (Å²) in [6.45, 7) is 14.4. The second-order valence-corrected chi connectivity index (χ2v) is 7.11. The van der Waals surface area contributed by atoms with Crippen molar-refractivity contribution in [3.8, 4) is 0 Å². The molecule has 1 aliphatic heterocycles. The Morgan fingerprint density at radius 2 is 1.86 bits per heavy atom. The molecule has 29 heavy (non-hydrogen) atoms. The van der Waals surface area contributed by atoms with E-state index in [0.717, 1.165) is 71.3 Å². The van der Waals surface area contributed by atoms with Crippen molar-refractivity contribution in [3.05, 3.63) is 35.4 Å². The van der Waals surface area contributed by atoms with Crippen molar-refractivity contribution in [2.75, 3.05) is 46.0 Å². The standard InChI is InChI=1S/C22H38N4O2.HI/c1-4-23-22(24-13-7-14-28-21-12-15-27-18-21)25-16-19-8-10-20(11-9-19)17-26(5-2)6-3;/h8-11,21H,4-7,12-18H2,1-3H3,(H2,23,24,25);1H. The summed E-state index contributed by atoms with van der Waals surface area (Å²) >= 11 is 0. The number of aliphatic imine (C=N–C) groups is 1. The number of rotatable bonds is 12. The van der Waals surface area contributed by atoms with Crippen LogP contribution in [0.15, 0.2) is 29.3 Å². The van der Waals surface area contributed by atoms with Gasteiger partial charge in [0.25, 0.3) is 0 Å². The Kier molecular flexibility index (Phi) is 14.3. The van der Waals surface area contributed by atoms with Crippen molar-refractivity contribution >= 4 is 29.9 Å². The second-order valence-electron chi connectivity index (χ2n) is 7.11. The fourth-order valence-electron chi connectivity index (χ4n) is 3.14. The van der Waals surface area contributed by atoms with E-state index >= 15 is 0 Å². The molecule has 1 saturated heterocycles. The molecule has 1 atom stereocenters. The number of benzene rings is 1. The van der Waals surface area contributed by atoms with Crippen molar-refractivity contribution in [2.45, 2.75) is 52.8 Å². The highest BCUT2D eigenvalue weighted by atomic mass is 127. The van der Waals surface area contributed by atoms with Crippen LogP contribution in [0.2, 0.25) is 0 Å². The zero-order valence-corrected chi connectivity index (χ0v) is 20.6. The molecular weight excluding hydrogens is 479 g/mol. The first-order valence-corrected chi connectivity index (χ1v) is 10.8. The molecule has 0 amide bonds. The van der Waals surface area contributed by atoms with Crippen molar-refractivity contribution in [1.82, 2.24) is 15.5 Å². The van der Waals surface area contributed by atoms with E-state index in [0.29, 0.717) is 6.54 Å². The van der Waals surface area contributed by atoms with Gasteiger partial charge in [0.15, 0.2) is 5.96 Å². The van der Waals surface area contributed by atoms with Crippen LogP contribution < -0.4 is 10.6 Å². The highest BCUT2D eigenvalue weighted by molar-refractivity contribution is 14.0. The molecule has 0 radical (unpaired) electrons. The number of nitrogens with zero attached hydrogens (tertiary/aromatic N) is 2.